The van der Waals surface area contributed by atoms with Crippen molar-refractivity contribution < 1.29 is 42.9 Å². The lowest BCUT2D eigenvalue weighted by molar-refractivity contribution is -0.254. The Hall–Kier alpha value is -3.44. The molecule has 11 heteroatoms. The van der Waals surface area contributed by atoms with Crippen molar-refractivity contribution in [1.29, 1.82) is 0 Å². The molecule has 2 heterocycles. The molecule has 1 aromatic carbocycles. The minimum Gasteiger partial charge on any atom is -0.462 e. The van der Waals surface area contributed by atoms with Gasteiger partial charge in [-0.15, -0.1) is 0 Å². The van der Waals surface area contributed by atoms with Crippen LogP contribution in [0.2, 0.25) is 0 Å². The second kappa shape index (κ2) is 11.4. The molecule has 1 aromatic heterocycles. The number of benzene rings is 1. The number of fused-ring (bicyclic) bond motifs is 1. The largest absolute Gasteiger partial charge is 0.462 e. The number of aliphatic hydroxyl groups excluding tert-OH is 1. The number of carbonyl (C=O) groups excluding carboxylic acids is 3. The molecule has 2 N–H and O–H groups in total. The highest BCUT2D eigenvalue weighted by atomic mass is 16.7. The molecular formula is C28H37NO10. The van der Waals surface area contributed by atoms with Crippen molar-refractivity contribution in [1.82, 2.24) is 5.32 Å². The van der Waals surface area contributed by atoms with Gasteiger partial charge in [0.1, 0.15) is 36.2 Å². The van der Waals surface area contributed by atoms with Crippen molar-refractivity contribution in [2.75, 3.05) is 6.61 Å². The quantitative estimate of drug-likeness (QED) is 0.408. The number of rotatable bonds is 6. The number of hydrogen-bond donors (Lipinski definition) is 2. The van der Waals surface area contributed by atoms with E-state index in [4.69, 9.17) is 23.4 Å². The molecule has 1 aliphatic heterocycles. The molecule has 0 aliphatic carbocycles. The fourth-order valence-electron chi connectivity index (χ4n) is 3.87. The molecule has 0 spiro atoms. The van der Waals surface area contributed by atoms with E-state index in [2.05, 4.69) is 5.32 Å². The molecule has 11 nitrogen and oxygen atoms in total. The van der Waals surface area contributed by atoms with Crippen LogP contribution < -0.4 is 15.7 Å². The minimum atomic E-state index is -1.47. The Kier molecular flexibility index (Phi) is 8.76. The van der Waals surface area contributed by atoms with Gasteiger partial charge in [-0.05, 0) is 66.2 Å². The lowest BCUT2D eigenvalue weighted by Gasteiger charge is -2.44. The molecule has 3 rings (SSSR count). The third-order valence-corrected chi connectivity index (χ3v) is 6.07. The molecule has 1 aliphatic rings. The first-order chi connectivity index (χ1) is 18.0. The molecule has 2 aromatic rings. The molecule has 0 bridgehead atoms. The van der Waals surface area contributed by atoms with E-state index >= 15 is 0 Å². The fraction of sp³-hybridized carbons (Fsp3) is 0.571. The lowest BCUT2D eigenvalue weighted by atomic mass is 9.94. The van der Waals surface area contributed by atoms with Crippen LogP contribution in [-0.4, -0.2) is 60.2 Å². The standard InChI is InChI=1S/C28H37NO10/c1-14-11-20(31)37-18-12-16(9-10-17(14)18)36-24-21(29-15(2)30)23(39-26(34)28(6,7)8)22(32)19(38-24)13-35-25(33)27(3,4)5/h9-12,19,21-24,32H,13H2,1-8H3,(H,29,30)/t19-,21+,22-,23+,24+/m0/s1. The van der Waals surface area contributed by atoms with Gasteiger partial charge in [-0.25, -0.2) is 4.79 Å². The van der Waals surface area contributed by atoms with Crippen LogP contribution in [0.4, 0.5) is 0 Å². The van der Waals surface area contributed by atoms with Crippen molar-refractivity contribution in [2.45, 2.75) is 86.0 Å². The van der Waals surface area contributed by atoms with Gasteiger partial charge < -0.3 is 33.8 Å². The van der Waals surface area contributed by atoms with Crippen LogP contribution in [-0.2, 0) is 28.6 Å². The van der Waals surface area contributed by atoms with Crippen LogP contribution in [0.3, 0.4) is 0 Å². The Morgan fingerprint density at radius 1 is 1.03 bits per heavy atom. The van der Waals surface area contributed by atoms with Crippen LogP contribution in [0.15, 0.2) is 33.5 Å². The van der Waals surface area contributed by atoms with Crippen LogP contribution in [0.5, 0.6) is 5.75 Å². The van der Waals surface area contributed by atoms with E-state index in [-0.39, 0.29) is 17.9 Å². The molecule has 0 saturated carbocycles. The van der Waals surface area contributed by atoms with Crippen molar-refractivity contribution in [3.63, 3.8) is 0 Å². The maximum absolute atomic E-state index is 12.8. The van der Waals surface area contributed by atoms with Crippen LogP contribution in [0.25, 0.3) is 11.0 Å². The summed E-state index contributed by atoms with van der Waals surface area (Å²) in [5.74, 6) is -1.42. The molecule has 214 valence electrons. The predicted molar refractivity (Wildman–Crippen MR) is 140 cm³/mol. The van der Waals surface area contributed by atoms with E-state index < -0.39 is 64.9 Å². The molecular weight excluding hydrogens is 510 g/mol. The number of ether oxygens (including phenoxy) is 4. The van der Waals surface area contributed by atoms with Crippen LogP contribution >= 0.6 is 0 Å². The van der Waals surface area contributed by atoms with E-state index in [9.17, 15) is 24.3 Å². The third kappa shape index (κ3) is 7.36. The average Bonchev–Trinajstić information content (AvgIpc) is 2.79. The summed E-state index contributed by atoms with van der Waals surface area (Å²) in [7, 11) is 0. The Morgan fingerprint density at radius 2 is 1.67 bits per heavy atom. The van der Waals surface area contributed by atoms with E-state index in [1.165, 1.54) is 19.1 Å². The topological polar surface area (TPSA) is 151 Å². The van der Waals surface area contributed by atoms with Crippen LogP contribution in [0.1, 0.15) is 54.0 Å². The zero-order valence-electron chi connectivity index (χ0n) is 23.5. The van der Waals surface area contributed by atoms with Gasteiger partial charge in [-0.1, -0.05) is 0 Å². The number of amides is 1. The zero-order valence-corrected chi connectivity index (χ0v) is 23.5. The number of esters is 2. The molecule has 0 unspecified atom stereocenters. The molecule has 0 radical (unpaired) electrons. The summed E-state index contributed by atoms with van der Waals surface area (Å²) in [6, 6.07) is 5.05. The van der Waals surface area contributed by atoms with E-state index in [0.29, 0.717) is 5.39 Å². The Bertz CT molecular complexity index is 1290. The summed E-state index contributed by atoms with van der Waals surface area (Å²) >= 11 is 0. The number of nitrogens with one attached hydrogen (secondary N) is 1. The Balaban J connectivity index is 1.99. The first-order valence-corrected chi connectivity index (χ1v) is 12.7. The monoisotopic (exact) mass is 547 g/mol. The van der Waals surface area contributed by atoms with Crippen molar-refractivity contribution in [3.05, 3.63) is 40.2 Å². The van der Waals surface area contributed by atoms with Gasteiger partial charge in [0.2, 0.25) is 12.2 Å². The summed E-state index contributed by atoms with van der Waals surface area (Å²) in [5, 5.41) is 14.5. The Morgan fingerprint density at radius 3 is 2.26 bits per heavy atom. The molecule has 1 saturated heterocycles. The molecule has 5 atom stereocenters. The molecule has 1 fully saturated rings. The van der Waals surface area contributed by atoms with Gasteiger partial charge in [-0.3, -0.25) is 14.4 Å². The van der Waals surface area contributed by atoms with Crippen molar-refractivity contribution >= 4 is 28.8 Å². The number of aliphatic hydroxyl groups is 1. The predicted octanol–water partition coefficient (Wildman–Crippen LogP) is 2.62. The second-order valence-corrected chi connectivity index (χ2v) is 11.8. The highest BCUT2D eigenvalue weighted by Crippen LogP contribution is 2.31. The highest BCUT2D eigenvalue weighted by molar-refractivity contribution is 5.81. The molecule has 1 amide bonds. The smallest absolute Gasteiger partial charge is 0.336 e. The third-order valence-electron chi connectivity index (χ3n) is 6.07. The van der Waals surface area contributed by atoms with Crippen LogP contribution in [0, 0.1) is 17.8 Å². The van der Waals surface area contributed by atoms with E-state index in [1.807, 2.05) is 0 Å². The fourth-order valence-corrected chi connectivity index (χ4v) is 3.87. The van der Waals surface area contributed by atoms with Gasteiger partial charge in [0.25, 0.3) is 0 Å². The maximum Gasteiger partial charge on any atom is 0.336 e. The Labute approximate surface area is 226 Å². The number of hydrogen-bond acceptors (Lipinski definition) is 10. The summed E-state index contributed by atoms with van der Waals surface area (Å²) in [6.07, 6.45) is -5.23. The average molecular weight is 548 g/mol. The van der Waals surface area contributed by atoms with Gasteiger partial charge in [0, 0.05) is 24.4 Å². The number of carbonyl (C=O) groups is 3. The van der Waals surface area contributed by atoms with Crippen molar-refractivity contribution in [2.24, 2.45) is 10.8 Å². The number of aryl methyl sites for hydroxylation is 1. The van der Waals surface area contributed by atoms with E-state index in [0.717, 1.165) is 5.56 Å². The first-order valence-electron chi connectivity index (χ1n) is 12.7. The summed E-state index contributed by atoms with van der Waals surface area (Å²) in [6.45, 7) is 12.7. The summed E-state index contributed by atoms with van der Waals surface area (Å²) in [5.41, 5.74) is -1.26. The van der Waals surface area contributed by atoms with Gasteiger partial charge >= 0.3 is 17.6 Å². The normalized spacial score (nSPS) is 23.7. The van der Waals surface area contributed by atoms with Gasteiger partial charge in [0.15, 0.2) is 6.10 Å². The lowest BCUT2D eigenvalue weighted by Crippen LogP contribution is -2.67. The summed E-state index contributed by atoms with van der Waals surface area (Å²) < 4.78 is 28.4. The maximum atomic E-state index is 12.8. The SMILES string of the molecule is CC(=O)N[C@H]1[C@H](Oc2ccc3c(C)cc(=O)oc3c2)O[C@@H](COC(=O)C(C)(C)C)[C@H](O)[C@@H]1OC(=O)C(C)(C)C. The summed E-state index contributed by atoms with van der Waals surface area (Å²) in [4.78, 5) is 49.3. The highest BCUT2D eigenvalue weighted by Gasteiger charge is 2.50. The van der Waals surface area contributed by atoms with Gasteiger partial charge in [0.05, 0.1) is 10.8 Å². The van der Waals surface area contributed by atoms with Gasteiger partial charge in [-0.2, -0.15) is 0 Å². The second-order valence-electron chi connectivity index (χ2n) is 11.8. The van der Waals surface area contributed by atoms with E-state index in [1.54, 1.807) is 60.6 Å². The van der Waals surface area contributed by atoms with Crippen molar-refractivity contribution in [3.8, 4) is 5.75 Å². The minimum absolute atomic E-state index is 0.222. The molecule has 39 heavy (non-hydrogen) atoms. The first kappa shape index (κ1) is 30.1. The zero-order chi connectivity index (χ0) is 29.3.